The van der Waals surface area contributed by atoms with E-state index in [0.29, 0.717) is 29.5 Å². The van der Waals surface area contributed by atoms with Gasteiger partial charge in [-0.05, 0) is 19.3 Å². The lowest BCUT2D eigenvalue weighted by Crippen LogP contribution is -2.60. The van der Waals surface area contributed by atoms with Crippen molar-refractivity contribution in [2.24, 2.45) is 5.92 Å². The van der Waals surface area contributed by atoms with Gasteiger partial charge in [0, 0.05) is 31.2 Å². The molecule has 1 N–H and O–H groups in total. The molecule has 5 heteroatoms. The molecule has 0 spiro atoms. The van der Waals surface area contributed by atoms with Gasteiger partial charge in [-0.2, -0.15) is 0 Å². The molecule has 0 bridgehead atoms. The zero-order valence-electron chi connectivity index (χ0n) is 11.7. The summed E-state index contributed by atoms with van der Waals surface area (Å²) in [5.74, 6) is 1.39. The van der Waals surface area contributed by atoms with Crippen molar-refractivity contribution in [3.63, 3.8) is 0 Å². The SMILES string of the molecule is CCC(C)C1CN(C2CCS(=O)(=O)C2)C(C)CN1. The van der Waals surface area contributed by atoms with Crippen LogP contribution in [0, 0.1) is 5.92 Å². The standard InChI is InChI=1S/C13H26N2O2S/c1-4-10(2)13-8-15(11(3)7-14-13)12-5-6-18(16,17)9-12/h10-14H,4-9H2,1-3H3. The number of nitrogens with zero attached hydrogens (tertiary/aromatic N) is 1. The number of piperazine rings is 1. The van der Waals surface area contributed by atoms with E-state index in [9.17, 15) is 8.42 Å². The predicted molar refractivity (Wildman–Crippen MR) is 74.5 cm³/mol. The molecule has 106 valence electrons. The van der Waals surface area contributed by atoms with E-state index >= 15 is 0 Å². The van der Waals surface area contributed by atoms with Gasteiger partial charge in [0.2, 0.25) is 0 Å². The second kappa shape index (κ2) is 5.47. The van der Waals surface area contributed by atoms with E-state index < -0.39 is 9.84 Å². The zero-order valence-corrected chi connectivity index (χ0v) is 12.5. The molecule has 4 nitrogen and oxygen atoms in total. The molecule has 0 saturated carbocycles. The van der Waals surface area contributed by atoms with Gasteiger partial charge in [0.15, 0.2) is 9.84 Å². The molecule has 2 rings (SSSR count). The molecular weight excluding hydrogens is 248 g/mol. The third-order valence-corrected chi connectivity index (χ3v) is 6.41. The topological polar surface area (TPSA) is 49.4 Å². The minimum absolute atomic E-state index is 0.249. The van der Waals surface area contributed by atoms with Crippen molar-refractivity contribution in [1.82, 2.24) is 10.2 Å². The van der Waals surface area contributed by atoms with E-state index in [4.69, 9.17) is 0 Å². The van der Waals surface area contributed by atoms with Gasteiger partial charge in [0.05, 0.1) is 11.5 Å². The fourth-order valence-corrected chi connectivity index (χ4v) is 4.86. The van der Waals surface area contributed by atoms with Crippen molar-refractivity contribution < 1.29 is 8.42 Å². The van der Waals surface area contributed by atoms with Crippen molar-refractivity contribution in [1.29, 1.82) is 0 Å². The van der Waals surface area contributed by atoms with Crippen LogP contribution in [0.4, 0.5) is 0 Å². The summed E-state index contributed by atoms with van der Waals surface area (Å²) < 4.78 is 23.2. The highest BCUT2D eigenvalue weighted by atomic mass is 32.2. The van der Waals surface area contributed by atoms with E-state index in [2.05, 4.69) is 31.0 Å². The second-order valence-electron chi connectivity index (χ2n) is 6.00. The van der Waals surface area contributed by atoms with E-state index in [1.165, 1.54) is 6.42 Å². The zero-order chi connectivity index (χ0) is 13.3. The molecule has 4 unspecified atom stereocenters. The van der Waals surface area contributed by atoms with Crippen LogP contribution in [0.1, 0.15) is 33.6 Å². The maximum Gasteiger partial charge on any atom is 0.151 e. The van der Waals surface area contributed by atoms with Crippen LogP contribution in [0.2, 0.25) is 0 Å². The Bertz CT molecular complexity index is 382. The number of hydrogen-bond donors (Lipinski definition) is 1. The van der Waals surface area contributed by atoms with E-state index in [-0.39, 0.29) is 6.04 Å². The molecule has 2 aliphatic rings. The Morgan fingerprint density at radius 3 is 2.72 bits per heavy atom. The molecule has 0 aromatic carbocycles. The van der Waals surface area contributed by atoms with Gasteiger partial charge >= 0.3 is 0 Å². The van der Waals surface area contributed by atoms with Crippen LogP contribution in [0.5, 0.6) is 0 Å². The van der Waals surface area contributed by atoms with Crippen molar-refractivity contribution in [2.75, 3.05) is 24.6 Å². The third-order valence-electron chi connectivity index (χ3n) is 4.66. The highest BCUT2D eigenvalue weighted by Gasteiger charge is 2.37. The second-order valence-corrected chi connectivity index (χ2v) is 8.23. The van der Waals surface area contributed by atoms with Crippen molar-refractivity contribution >= 4 is 9.84 Å². The summed E-state index contributed by atoms with van der Waals surface area (Å²) in [4.78, 5) is 2.43. The molecule has 2 aliphatic heterocycles. The Kier molecular flexibility index (Phi) is 4.34. The first kappa shape index (κ1) is 14.3. The van der Waals surface area contributed by atoms with Gasteiger partial charge < -0.3 is 5.32 Å². The Hall–Kier alpha value is -0.130. The Morgan fingerprint density at radius 1 is 1.44 bits per heavy atom. The number of sulfone groups is 1. The molecule has 0 aromatic rings. The first-order valence-corrected chi connectivity index (χ1v) is 8.94. The lowest BCUT2D eigenvalue weighted by atomic mass is 9.94. The predicted octanol–water partition coefficient (Wildman–Crippen LogP) is 0.882. The van der Waals surface area contributed by atoms with Crippen molar-refractivity contribution in [3.8, 4) is 0 Å². The lowest BCUT2D eigenvalue weighted by Gasteiger charge is -2.43. The normalized spacial score (nSPS) is 38.7. The number of hydrogen-bond acceptors (Lipinski definition) is 4. The monoisotopic (exact) mass is 274 g/mol. The lowest BCUT2D eigenvalue weighted by molar-refractivity contribution is 0.0847. The summed E-state index contributed by atoms with van der Waals surface area (Å²) in [6, 6.07) is 1.21. The van der Waals surface area contributed by atoms with Gasteiger partial charge in [-0.15, -0.1) is 0 Å². The third kappa shape index (κ3) is 3.06. The molecule has 0 amide bonds. The summed E-state index contributed by atoms with van der Waals surface area (Å²) in [6.45, 7) is 8.67. The molecule has 2 fully saturated rings. The van der Waals surface area contributed by atoms with E-state index in [1.807, 2.05) is 0 Å². The van der Waals surface area contributed by atoms with Crippen LogP contribution < -0.4 is 5.32 Å². The summed E-state index contributed by atoms with van der Waals surface area (Å²) in [5, 5.41) is 3.60. The van der Waals surface area contributed by atoms with Gasteiger partial charge in [-0.1, -0.05) is 20.3 Å². The van der Waals surface area contributed by atoms with Gasteiger partial charge in [0.1, 0.15) is 0 Å². The minimum Gasteiger partial charge on any atom is -0.311 e. The van der Waals surface area contributed by atoms with Crippen LogP contribution in [0.3, 0.4) is 0 Å². The van der Waals surface area contributed by atoms with E-state index in [1.54, 1.807) is 0 Å². The summed E-state index contributed by atoms with van der Waals surface area (Å²) in [5.41, 5.74) is 0. The average Bonchev–Trinajstić information content (AvgIpc) is 2.69. The van der Waals surface area contributed by atoms with E-state index in [0.717, 1.165) is 19.5 Å². The highest BCUT2D eigenvalue weighted by molar-refractivity contribution is 7.91. The molecule has 4 atom stereocenters. The first-order valence-electron chi connectivity index (χ1n) is 7.12. The fourth-order valence-electron chi connectivity index (χ4n) is 3.12. The summed E-state index contributed by atoms with van der Waals surface area (Å²) >= 11 is 0. The summed E-state index contributed by atoms with van der Waals surface area (Å²) in [7, 11) is -2.77. The maximum atomic E-state index is 11.6. The molecule has 0 aromatic heterocycles. The number of rotatable bonds is 3. The Labute approximate surface area is 111 Å². The van der Waals surface area contributed by atoms with Gasteiger partial charge in [0.25, 0.3) is 0 Å². The molecule has 0 radical (unpaired) electrons. The molecular formula is C13H26N2O2S. The van der Waals surface area contributed by atoms with Crippen LogP contribution in [-0.2, 0) is 9.84 Å². The molecule has 0 aliphatic carbocycles. The fraction of sp³-hybridized carbons (Fsp3) is 1.00. The smallest absolute Gasteiger partial charge is 0.151 e. The van der Waals surface area contributed by atoms with Crippen LogP contribution in [0.25, 0.3) is 0 Å². The van der Waals surface area contributed by atoms with Crippen LogP contribution in [0.15, 0.2) is 0 Å². The van der Waals surface area contributed by atoms with Crippen molar-refractivity contribution in [3.05, 3.63) is 0 Å². The number of nitrogens with one attached hydrogen (secondary N) is 1. The molecule has 18 heavy (non-hydrogen) atoms. The van der Waals surface area contributed by atoms with Crippen LogP contribution >= 0.6 is 0 Å². The molecule has 2 heterocycles. The maximum absolute atomic E-state index is 11.6. The Morgan fingerprint density at radius 2 is 2.17 bits per heavy atom. The average molecular weight is 274 g/mol. The van der Waals surface area contributed by atoms with Crippen molar-refractivity contribution in [2.45, 2.75) is 51.7 Å². The summed E-state index contributed by atoms with van der Waals surface area (Å²) in [6.07, 6.45) is 1.99. The van der Waals surface area contributed by atoms with Gasteiger partial charge in [-0.25, -0.2) is 8.42 Å². The quantitative estimate of drug-likeness (QED) is 0.830. The first-order chi connectivity index (χ1) is 8.43. The molecule has 2 saturated heterocycles. The largest absolute Gasteiger partial charge is 0.311 e. The van der Waals surface area contributed by atoms with Gasteiger partial charge in [-0.3, -0.25) is 4.90 Å². The van der Waals surface area contributed by atoms with Crippen LogP contribution in [-0.4, -0.2) is 56.0 Å². The minimum atomic E-state index is -2.77. The highest BCUT2D eigenvalue weighted by Crippen LogP contribution is 2.24. The Balaban J connectivity index is 2.02.